The Balaban J connectivity index is 2.15. The standard InChI is InChI=1S/C17H29NO5/c1-22-11-9-16(6-3-4-7-16)14(19)18-10-5-8-17(12-18,13-23-2)15(20)21/h3-13H2,1-2H3,(H,20,21). The van der Waals surface area contributed by atoms with Gasteiger partial charge in [0, 0.05) is 33.9 Å². The molecule has 23 heavy (non-hydrogen) atoms. The Morgan fingerprint density at radius 2 is 1.70 bits per heavy atom. The van der Waals surface area contributed by atoms with E-state index in [1.54, 1.807) is 12.0 Å². The number of rotatable bonds is 7. The Morgan fingerprint density at radius 1 is 1.04 bits per heavy atom. The highest BCUT2D eigenvalue weighted by Gasteiger charge is 2.48. The minimum absolute atomic E-state index is 0.119. The topological polar surface area (TPSA) is 76.1 Å². The third-order valence-electron chi connectivity index (χ3n) is 5.54. The van der Waals surface area contributed by atoms with Crippen molar-refractivity contribution in [2.24, 2.45) is 10.8 Å². The molecule has 6 heteroatoms. The van der Waals surface area contributed by atoms with E-state index in [9.17, 15) is 14.7 Å². The summed E-state index contributed by atoms with van der Waals surface area (Å²) < 4.78 is 10.3. The summed E-state index contributed by atoms with van der Waals surface area (Å²) in [6.45, 7) is 1.62. The summed E-state index contributed by atoms with van der Waals surface area (Å²) in [7, 11) is 3.17. The molecule has 0 radical (unpaired) electrons. The van der Waals surface area contributed by atoms with Crippen LogP contribution in [0.1, 0.15) is 44.9 Å². The third-order valence-corrected chi connectivity index (χ3v) is 5.54. The lowest BCUT2D eigenvalue weighted by atomic mass is 9.77. The van der Waals surface area contributed by atoms with E-state index in [0.29, 0.717) is 26.0 Å². The Morgan fingerprint density at radius 3 is 2.26 bits per heavy atom. The molecule has 0 spiro atoms. The van der Waals surface area contributed by atoms with E-state index < -0.39 is 11.4 Å². The predicted molar refractivity (Wildman–Crippen MR) is 85.2 cm³/mol. The summed E-state index contributed by atoms with van der Waals surface area (Å²) in [5, 5.41) is 9.65. The van der Waals surface area contributed by atoms with Gasteiger partial charge in [0.05, 0.1) is 12.0 Å². The molecule has 1 amide bonds. The number of methoxy groups -OCH3 is 2. The zero-order valence-electron chi connectivity index (χ0n) is 14.3. The minimum Gasteiger partial charge on any atom is -0.481 e. The normalized spacial score (nSPS) is 27.1. The molecule has 2 aliphatic rings. The zero-order chi connectivity index (χ0) is 16.9. The van der Waals surface area contributed by atoms with Crippen molar-refractivity contribution >= 4 is 11.9 Å². The number of carboxylic acid groups (broad SMARTS) is 1. The number of likely N-dealkylation sites (tertiary alicyclic amines) is 1. The van der Waals surface area contributed by atoms with E-state index in [-0.39, 0.29) is 24.5 Å². The highest BCUT2D eigenvalue weighted by molar-refractivity contribution is 5.84. The van der Waals surface area contributed by atoms with Gasteiger partial charge in [-0.1, -0.05) is 12.8 Å². The van der Waals surface area contributed by atoms with Gasteiger partial charge in [0.15, 0.2) is 0 Å². The SMILES string of the molecule is COCCC1(C(=O)N2CCCC(COC)(C(=O)O)C2)CCCC1. The first-order valence-corrected chi connectivity index (χ1v) is 8.50. The summed E-state index contributed by atoms with van der Waals surface area (Å²) in [4.78, 5) is 26.7. The van der Waals surface area contributed by atoms with Crippen molar-refractivity contribution < 1.29 is 24.2 Å². The van der Waals surface area contributed by atoms with Crippen LogP contribution >= 0.6 is 0 Å². The first kappa shape index (κ1) is 18.2. The van der Waals surface area contributed by atoms with E-state index >= 15 is 0 Å². The van der Waals surface area contributed by atoms with Crippen LogP contribution < -0.4 is 0 Å². The van der Waals surface area contributed by atoms with Crippen molar-refractivity contribution in [2.45, 2.75) is 44.9 Å². The number of piperidine rings is 1. The second-order valence-electron chi connectivity index (χ2n) is 7.08. The van der Waals surface area contributed by atoms with E-state index in [1.807, 2.05) is 0 Å². The Labute approximate surface area is 138 Å². The number of hydrogen-bond donors (Lipinski definition) is 1. The predicted octanol–water partition coefficient (Wildman–Crippen LogP) is 1.92. The summed E-state index contributed by atoms with van der Waals surface area (Å²) in [5.74, 6) is -0.748. The third kappa shape index (κ3) is 3.69. The molecular formula is C17H29NO5. The second-order valence-corrected chi connectivity index (χ2v) is 7.08. The van der Waals surface area contributed by atoms with Crippen molar-refractivity contribution in [1.82, 2.24) is 4.90 Å². The van der Waals surface area contributed by atoms with Crippen LogP contribution in [-0.2, 0) is 19.1 Å². The molecule has 1 saturated heterocycles. The average molecular weight is 327 g/mol. The molecule has 1 unspecified atom stereocenters. The molecule has 1 saturated carbocycles. The van der Waals surface area contributed by atoms with Crippen LogP contribution in [0, 0.1) is 10.8 Å². The van der Waals surface area contributed by atoms with Gasteiger partial charge < -0.3 is 19.5 Å². The number of nitrogens with zero attached hydrogens (tertiary/aromatic N) is 1. The molecule has 2 rings (SSSR count). The van der Waals surface area contributed by atoms with Crippen molar-refractivity contribution in [3.05, 3.63) is 0 Å². The average Bonchev–Trinajstić information content (AvgIpc) is 3.02. The summed E-state index contributed by atoms with van der Waals surface area (Å²) >= 11 is 0. The molecule has 1 aliphatic carbocycles. The van der Waals surface area contributed by atoms with Gasteiger partial charge in [-0.2, -0.15) is 0 Å². The van der Waals surface area contributed by atoms with Crippen LogP contribution in [0.4, 0.5) is 0 Å². The van der Waals surface area contributed by atoms with Gasteiger partial charge >= 0.3 is 5.97 Å². The minimum atomic E-state index is -0.969. The lowest BCUT2D eigenvalue weighted by Crippen LogP contribution is -2.55. The van der Waals surface area contributed by atoms with Crippen LogP contribution in [0.15, 0.2) is 0 Å². The van der Waals surface area contributed by atoms with E-state index in [2.05, 4.69) is 0 Å². The number of carboxylic acids is 1. The van der Waals surface area contributed by atoms with Crippen LogP contribution in [0.3, 0.4) is 0 Å². The molecule has 1 heterocycles. The molecule has 0 bridgehead atoms. The van der Waals surface area contributed by atoms with Crippen molar-refractivity contribution in [2.75, 3.05) is 40.5 Å². The molecular weight excluding hydrogens is 298 g/mol. The summed E-state index contributed by atoms with van der Waals surface area (Å²) in [5.41, 5.74) is -1.33. The molecule has 2 fully saturated rings. The lowest BCUT2D eigenvalue weighted by molar-refractivity contribution is -0.162. The molecule has 0 aromatic heterocycles. The molecule has 1 aliphatic heterocycles. The van der Waals surface area contributed by atoms with Gasteiger partial charge in [0.1, 0.15) is 5.41 Å². The highest BCUT2D eigenvalue weighted by atomic mass is 16.5. The fourth-order valence-corrected chi connectivity index (χ4v) is 4.19. The van der Waals surface area contributed by atoms with Crippen LogP contribution in [0.5, 0.6) is 0 Å². The van der Waals surface area contributed by atoms with Crippen molar-refractivity contribution in [3.63, 3.8) is 0 Å². The van der Waals surface area contributed by atoms with Gasteiger partial charge in [0.25, 0.3) is 0 Å². The lowest BCUT2D eigenvalue weighted by Gasteiger charge is -2.43. The highest BCUT2D eigenvalue weighted by Crippen LogP contribution is 2.44. The maximum Gasteiger partial charge on any atom is 0.313 e. The summed E-state index contributed by atoms with van der Waals surface area (Å²) in [6, 6.07) is 0. The number of hydrogen-bond acceptors (Lipinski definition) is 4. The van der Waals surface area contributed by atoms with E-state index in [1.165, 1.54) is 7.11 Å². The van der Waals surface area contributed by atoms with Crippen molar-refractivity contribution in [1.29, 1.82) is 0 Å². The van der Waals surface area contributed by atoms with E-state index in [0.717, 1.165) is 32.1 Å². The molecule has 0 aromatic rings. The first-order chi connectivity index (χ1) is 11.0. The zero-order valence-corrected chi connectivity index (χ0v) is 14.3. The quantitative estimate of drug-likeness (QED) is 0.773. The van der Waals surface area contributed by atoms with Crippen LogP contribution in [0.25, 0.3) is 0 Å². The first-order valence-electron chi connectivity index (χ1n) is 8.50. The second kappa shape index (κ2) is 7.62. The summed E-state index contributed by atoms with van der Waals surface area (Å²) in [6.07, 6.45) is 5.89. The van der Waals surface area contributed by atoms with Gasteiger partial charge in [-0.15, -0.1) is 0 Å². The number of carbonyl (C=O) groups is 2. The molecule has 1 atom stereocenters. The number of amides is 1. The number of aliphatic carboxylic acids is 1. The monoisotopic (exact) mass is 327 g/mol. The number of carbonyl (C=O) groups excluding carboxylic acids is 1. The maximum absolute atomic E-state index is 13.2. The van der Waals surface area contributed by atoms with Gasteiger partial charge in [-0.25, -0.2) is 0 Å². The number of ether oxygens (including phenoxy) is 2. The Bertz CT molecular complexity index is 429. The van der Waals surface area contributed by atoms with Crippen LogP contribution in [0.2, 0.25) is 0 Å². The molecule has 0 aromatic carbocycles. The Kier molecular flexibility index (Phi) is 6.03. The van der Waals surface area contributed by atoms with Gasteiger partial charge in [-0.05, 0) is 32.1 Å². The molecule has 6 nitrogen and oxygen atoms in total. The molecule has 1 N–H and O–H groups in total. The fraction of sp³-hybridized carbons (Fsp3) is 0.882. The fourth-order valence-electron chi connectivity index (χ4n) is 4.19. The molecule has 132 valence electrons. The van der Waals surface area contributed by atoms with Crippen molar-refractivity contribution in [3.8, 4) is 0 Å². The maximum atomic E-state index is 13.2. The van der Waals surface area contributed by atoms with Crippen LogP contribution in [-0.4, -0.2) is 62.4 Å². The van der Waals surface area contributed by atoms with Gasteiger partial charge in [0.2, 0.25) is 5.91 Å². The van der Waals surface area contributed by atoms with E-state index in [4.69, 9.17) is 9.47 Å². The largest absolute Gasteiger partial charge is 0.481 e. The smallest absolute Gasteiger partial charge is 0.313 e. The Hall–Kier alpha value is -1.14. The van der Waals surface area contributed by atoms with Gasteiger partial charge in [-0.3, -0.25) is 9.59 Å².